The van der Waals surface area contributed by atoms with Gasteiger partial charge in [0.1, 0.15) is 5.92 Å². The molecule has 0 atom stereocenters. The highest BCUT2D eigenvalue weighted by molar-refractivity contribution is 6.14. The lowest BCUT2D eigenvalue weighted by molar-refractivity contribution is -0.134. The summed E-state index contributed by atoms with van der Waals surface area (Å²) in [6, 6.07) is 7.50. The summed E-state index contributed by atoms with van der Waals surface area (Å²) in [6.45, 7) is -0.217. The van der Waals surface area contributed by atoms with Gasteiger partial charge in [0.2, 0.25) is 0 Å². The first kappa shape index (κ1) is 13.4. The van der Waals surface area contributed by atoms with Crippen molar-refractivity contribution in [2.45, 2.75) is 5.92 Å². The van der Waals surface area contributed by atoms with Gasteiger partial charge in [-0.15, -0.1) is 0 Å². The Kier molecular flexibility index (Phi) is 3.21. The Hall–Kier alpha value is -2.63. The second-order valence-electron chi connectivity index (χ2n) is 4.98. The number of methoxy groups -OCH3 is 1. The Morgan fingerprint density at radius 1 is 1.24 bits per heavy atom. The maximum Gasteiger partial charge on any atom is 0.410 e. The number of aromatic nitrogens is 1. The van der Waals surface area contributed by atoms with Crippen molar-refractivity contribution in [3.8, 4) is 0 Å². The molecule has 2 aromatic rings. The summed E-state index contributed by atoms with van der Waals surface area (Å²) >= 11 is 0. The van der Waals surface area contributed by atoms with Gasteiger partial charge >= 0.3 is 6.09 Å². The van der Waals surface area contributed by atoms with Crippen LogP contribution in [0.1, 0.15) is 11.5 Å². The van der Waals surface area contributed by atoms with Crippen molar-refractivity contribution in [2.75, 3.05) is 20.2 Å². The third-order valence-electron chi connectivity index (χ3n) is 3.70. The molecule has 0 aliphatic carbocycles. The number of hydrogen-bond acceptors (Lipinski definition) is 4. The van der Waals surface area contributed by atoms with Crippen molar-refractivity contribution in [3.05, 3.63) is 36.0 Å². The number of para-hydroxylation sites is 1. The first-order valence-electron chi connectivity index (χ1n) is 6.56. The molecule has 21 heavy (non-hydrogen) atoms. The molecule has 3 rings (SSSR count). The lowest BCUT2D eigenvalue weighted by Gasteiger charge is -2.28. The van der Waals surface area contributed by atoms with E-state index in [-0.39, 0.29) is 24.7 Å². The first-order valence-corrected chi connectivity index (χ1v) is 6.56. The maximum absolute atomic E-state index is 12.3. The van der Waals surface area contributed by atoms with Gasteiger partial charge in [0.25, 0.3) is 0 Å². The number of rotatable bonds is 1. The molecule has 6 heteroatoms. The van der Waals surface area contributed by atoms with Gasteiger partial charge in [-0.3, -0.25) is 14.5 Å². The van der Waals surface area contributed by atoms with Crippen LogP contribution < -0.4 is 0 Å². The summed E-state index contributed by atoms with van der Waals surface area (Å²) in [5.41, 5.74) is 1.55. The Labute approximate surface area is 120 Å². The summed E-state index contributed by atoms with van der Waals surface area (Å²) in [4.78, 5) is 40.2. The van der Waals surface area contributed by atoms with E-state index in [0.29, 0.717) is 5.56 Å². The molecule has 0 saturated carbocycles. The predicted molar refractivity (Wildman–Crippen MR) is 75.0 cm³/mol. The molecule has 1 saturated heterocycles. The van der Waals surface area contributed by atoms with E-state index in [0.717, 1.165) is 15.8 Å². The lowest BCUT2D eigenvalue weighted by atomic mass is 9.87. The van der Waals surface area contributed by atoms with E-state index in [4.69, 9.17) is 0 Å². The fourth-order valence-corrected chi connectivity index (χ4v) is 2.73. The van der Waals surface area contributed by atoms with Crippen LogP contribution in [0, 0.1) is 0 Å². The van der Waals surface area contributed by atoms with E-state index in [2.05, 4.69) is 9.72 Å². The molecule has 0 radical (unpaired) electrons. The van der Waals surface area contributed by atoms with Gasteiger partial charge in [-0.25, -0.2) is 4.79 Å². The minimum atomic E-state index is -0.818. The van der Waals surface area contributed by atoms with Gasteiger partial charge in [0.15, 0.2) is 11.6 Å². The number of hydrogen-bond donors (Lipinski definition) is 1. The smallest absolute Gasteiger partial charge is 0.410 e. The largest absolute Gasteiger partial charge is 0.453 e. The van der Waals surface area contributed by atoms with Crippen molar-refractivity contribution in [3.63, 3.8) is 0 Å². The van der Waals surface area contributed by atoms with Crippen molar-refractivity contribution in [1.82, 2.24) is 9.88 Å². The highest BCUT2D eigenvalue weighted by atomic mass is 16.5. The fraction of sp³-hybridized carbons (Fsp3) is 0.267. The topological polar surface area (TPSA) is 79.5 Å². The third-order valence-corrected chi connectivity index (χ3v) is 3.70. The molecule has 1 N–H and O–H groups in total. The number of ether oxygens (including phenoxy) is 1. The number of nitrogens with zero attached hydrogens (tertiary/aromatic N) is 1. The number of nitrogens with one attached hydrogen (secondary N) is 1. The Bertz CT molecular complexity index is 716. The van der Waals surface area contributed by atoms with Gasteiger partial charge in [-0.1, -0.05) is 18.2 Å². The summed E-state index contributed by atoms with van der Waals surface area (Å²) in [7, 11) is 1.23. The molecule has 1 amide bonds. The molecule has 6 nitrogen and oxygen atoms in total. The first-order chi connectivity index (χ1) is 10.1. The zero-order valence-electron chi connectivity index (χ0n) is 11.5. The van der Waals surface area contributed by atoms with Crippen LogP contribution in [0.3, 0.4) is 0 Å². The summed E-state index contributed by atoms with van der Waals surface area (Å²) < 4.78 is 4.56. The molecule has 1 aromatic heterocycles. The van der Waals surface area contributed by atoms with E-state index in [1.807, 2.05) is 24.3 Å². The predicted octanol–water partition coefficient (Wildman–Crippen LogP) is 1.47. The second-order valence-corrected chi connectivity index (χ2v) is 4.98. The number of amides is 1. The van der Waals surface area contributed by atoms with Crippen LogP contribution in [-0.2, 0) is 14.3 Å². The molecule has 1 aromatic carbocycles. The number of benzene rings is 1. The van der Waals surface area contributed by atoms with Crippen molar-refractivity contribution in [1.29, 1.82) is 0 Å². The molecule has 0 spiro atoms. The number of piperidine rings is 1. The number of carbonyl (C=O) groups is 3. The molecular formula is C15H14N2O4. The van der Waals surface area contributed by atoms with Gasteiger partial charge in [0.05, 0.1) is 20.2 Å². The average Bonchev–Trinajstić information content (AvgIpc) is 2.90. The average molecular weight is 286 g/mol. The lowest BCUT2D eigenvalue weighted by Crippen LogP contribution is -2.48. The van der Waals surface area contributed by atoms with Gasteiger partial charge in [-0.2, -0.15) is 0 Å². The molecular weight excluding hydrogens is 272 g/mol. The van der Waals surface area contributed by atoms with Crippen molar-refractivity contribution < 1.29 is 19.1 Å². The highest BCUT2D eigenvalue weighted by Crippen LogP contribution is 2.29. The molecule has 1 aliphatic rings. The second kappa shape index (κ2) is 5.05. The minimum absolute atomic E-state index is 0.109. The van der Waals surface area contributed by atoms with Crippen molar-refractivity contribution in [2.24, 2.45) is 0 Å². The normalized spacial score (nSPS) is 16.5. The number of aromatic amines is 1. The van der Waals surface area contributed by atoms with Crippen LogP contribution in [0.4, 0.5) is 4.79 Å². The number of carbonyl (C=O) groups excluding carboxylic acids is 3. The molecule has 1 aliphatic heterocycles. The molecule has 0 bridgehead atoms. The number of Topliss-reactive ketones (excluding diaryl/α,β-unsaturated/α-hetero) is 2. The number of H-pyrrole nitrogens is 1. The maximum atomic E-state index is 12.3. The highest BCUT2D eigenvalue weighted by Gasteiger charge is 2.38. The van der Waals surface area contributed by atoms with E-state index >= 15 is 0 Å². The summed E-state index contributed by atoms with van der Waals surface area (Å²) in [5.74, 6) is -1.40. The van der Waals surface area contributed by atoms with E-state index in [1.165, 1.54) is 7.11 Å². The fourth-order valence-electron chi connectivity index (χ4n) is 2.73. The van der Waals surface area contributed by atoms with Crippen LogP contribution in [0.5, 0.6) is 0 Å². The summed E-state index contributed by atoms with van der Waals surface area (Å²) in [5, 5.41) is 0.857. The van der Waals surface area contributed by atoms with Crippen LogP contribution in [-0.4, -0.2) is 47.7 Å². The standard InChI is InChI=1S/C15H14N2O4/c1-21-15(20)17-7-12(18)14(13(19)8-17)10-6-16-11-5-3-2-4-9(10)11/h2-6,14,16H,7-8H2,1H3. The quantitative estimate of drug-likeness (QED) is 0.805. The Balaban J connectivity index is 1.95. The number of likely N-dealkylation sites (tertiary alicyclic amines) is 1. The zero-order valence-corrected chi connectivity index (χ0v) is 11.5. The number of fused-ring (bicyclic) bond motifs is 1. The van der Waals surface area contributed by atoms with Crippen LogP contribution in [0.25, 0.3) is 10.9 Å². The molecule has 108 valence electrons. The van der Waals surface area contributed by atoms with E-state index in [1.54, 1.807) is 6.20 Å². The minimum Gasteiger partial charge on any atom is -0.453 e. The third kappa shape index (κ3) is 2.18. The molecule has 2 heterocycles. The van der Waals surface area contributed by atoms with Crippen LogP contribution in [0.15, 0.2) is 30.5 Å². The SMILES string of the molecule is COC(=O)N1CC(=O)C(c2c[nH]c3ccccc23)C(=O)C1. The molecule has 1 fully saturated rings. The van der Waals surface area contributed by atoms with Crippen molar-refractivity contribution >= 4 is 28.6 Å². The zero-order chi connectivity index (χ0) is 15.0. The summed E-state index contributed by atoms with van der Waals surface area (Å²) in [6.07, 6.45) is 1.04. The van der Waals surface area contributed by atoms with Gasteiger partial charge < -0.3 is 9.72 Å². The van der Waals surface area contributed by atoms with E-state index < -0.39 is 12.0 Å². The van der Waals surface area contributed by atoms with Gasteiger partial charge in [0, 0.05) is 17.1 Å². The monoisotopic (exact) mass is 286 g/mol. The van der Waals surface area contributed by atoms with Crippen LogP contribution in [0.2, 0.25) is 0 Å². The van der Waals surface area contributed by atoms with E-state index in [9.17, 15) is 14.4 Å². The van der Waals surface area contributed by atoms with Crippen LogP contribution >= 0.6 is 0 Å². The van der Waals surface area contributed by atoms with Gasteiger partial charge in [-0.05, 0) is 11.6 Å². The number of ketones is 2. The Morgan fingerprint density at radius 3 is 2.57 bits per heavy atom. The molecule has 0 unspecified atom stereocenters. The Morgan fingerprint density at radius 2 is 1.90 bits per heavy atom.